The van der Waals surface area contributed by atoms with E-state index < -0.39 is 11.7 Å². The Bertz CT molecular complexity index is 471. The fraction of sp³-hybridized carbons (Fsp3) is 0.462. The van der Waals surface area contributed by atoms with Crippen molar-refractivity contribution in [3.8, 4) is 0 Å². The van der Waals surface area contributed by atoms with Crippen LogP contribution >= 0.6 is 31.9 Å². The highest BCUT2D eigenvalue weighted by atomic mass is 79.9. The highest BCUT2D eigenvalue weighted by Gasteiger charge is 2.33. The van der Waals surface area contributed by atoms with Gasteiger partial charge >= 0.3 is 6.18 Å². The molecule has 0 N–H and O–H groups in total. The maximum absolute atomic E-state index is 12.8. The molecule has 2 nitrogen and oxygen atoms in total. The van der Waals surface area contributed by atoms with E-state index in [1.165, 1.54) is 17.0 Å². The molecule has 0 aromatic heterocycles. The molecule has 7 heteroatoms. The molecule has 0 fully saturated rings. The summed E-state index contributed by atoms with van der Waals surface area (Å²) < 4.78 is 38.4. The van der Waals surface area contributed by atoms with Gasteiger partial charge in [0.25, 0.3) is 5.91 Å². The quantitative estimate of drug-likeness (QED) is 0.636. The van der Waals surface area contributed by atoms with Gasteiger partial charge in [0.1, 0.15) is 0 Å². The summed E-state index contributed by atoms with van der Waals surface area (Å²) in [7, 11) is 0. The van der Waals surface area contributed by atoms with Crippen LogP contribution in [0.1, 0.15) is 29.3 Å². The van der Waals surface area contributed by atoms with E-state index in [1.807, 2.05) is 6.92 Å². The minimum atomic E-state index is -4.49. The van der Waals surface area contributed by atoms with E-state index in [1.54, 1.807) is 0 Å². The first kappa shape index (κ1) is 17.5. The van der Waals surface area contributed by atoms with E-state index >= 15 is 0 Å². The Morgan fingerprint density at radius 3 is 2.45 bits per heavy atom. The van der Waals surface area contributed by atoms with Gasteiger partial charge < -0.3 is 4.90 Å². The summed E-state index contributed by atoms with van der Waals surface area (Å²) in [4.78, 5) is 13.8. The number of rotatable bonds is 5. The van der Waals surface area contributed by atoms with Crippen LogP contribution in [0.3, 0.4) is 0 Å². The van der Waals surface area contributed by atoms with Crippen molar-refractivity contribution in [1.29, 1.82) is 0 Å². The number of nitrogens with zero attached hydrogens (tertiary/aromatic N) is 1. The Hall–Kier alpha value is -0.560. The predicted molar refractivity (Wildman–Crippen MR) is 79.1 cm³/mol. The number of halogens is 5. The van der Waals surface area contributed by atoms with Crippen LogP contribution < -0.4 is 0 Å². The summed E-state index contributed by atoms with van der Waals surface area (Å²) in [6, 6.07) is 3.55. The predicted octanol–water partition coefficient (Wildman–Crippen LogP) is 4.72. The Labute approximate surface area is 132 Å². The van der Waals surface area contributed by atoms with E-state index in [0.29, 0.717) is 18.4 Å². The smallest absolute Gasteiger partial charge is 0.338 e. The molecule has 0 spiro atoms. The Balaban J connectivity index is 3.10. The van der Waals surface area contributed by atoms with E-state index in [-0.39, 0.29) is 15.9 Å². The fourth-order valence-electron chi connectivity index (χ4n) is 1.74. The first-order valence-corrected chi connectivity index (χ1v) is 7.94. The van der Waals surface area contributed by atoms with Crippen molar-refractivity contribution in [2.45, 2.75) is 19.5 Å². The van der Waals surface area contributed by atoms with Crippen LogP contribution in [0.15, 0.2) is 22.7 Å². The number of alkyl halides is 4. The first-order valence-electron chi connectivity index (χ1n) is 6.03. The number of carbonyl (C=O) groups excluding carboxylic acids is 1. The molecule has 0 aliphatic heterocycles. The van der Waals surface area contributed by atoms with Gasteiger partial charge in [0, 0.05) is 28.5 Å². The van der Waals surface area contributed by atoms with Crippen LogP contribution in [-0.2, 0) is 6.18 Å². The molecular weight excluding hydrogens is 403 g/mol. The molecule has 0 aliphatic rings. The van der Waals surface area contributed by atoms with E-state index in [2.05, 4.69) is 31.9 Å². The third-order valence-electron chi connectivity index (χ3n) is 2.65. The standard InChI is InChI=1S/C13H14Br2F3NO/c1-2-6-19(7-5-14)12(20)9-3-4-11(15)10(8-9)13(16,17)18/h3-4,8H,2,5-7H2,1H3. The number of hydrogen-bond acceptors (Lipinski definition) is 1. The van der Waals surface area contributed by atoms with Gasteiger partial charge in [0.05, 0.1) is 5.56 Å². The molecule has 1 amide bonds. The topological polar surface area (TPSA) is 20.3 Å². The Morgan fingerprint density at radius 1 is 1.30 bits per heavy atom. The van der Waals surface area contributed by atoms with E-state index in [4.69, 9.17) is 0 Å². The number of benzene rings is 1. The Morgan fingerprint density at radius 2 is 1.95 bits per heavy atom. The average Bonchev–Trinajstić information content (AvgIpc) is 2.37. The van der Waals surface area contributed by atoms with Gasteiger partial charge in [-0.3, -0.25) is 4.79 Å². The molecule has 1 aromatic rings. The molecule has 0 saturated heterocycles. The zero-order valence-corrected chi connectivity index (χ0v) is 14.0. The lowest BCUT2D eigenvalue weighted by Gasteiger charge is -2.21. The molecule has 0 bridgehead atoms. The molecule has 112 valence electrons. The maximum Gasteiger partial charge on any atom is 0.417 e. The van der Waals surface area contributed by atoms with Gasteiger partial charge in [-0.1, -0.05) is 38.8 Å². The summed E-state index contributed by atoms with van der Waals surface area (Å²) in [5.41, 5.74) is -0.784. The van der Waals surface area contributed by atoms with Crippen molar-refractivity contribution >= 4 is 37.8 Å². The van der Waals surface area contributed by atoms with Gasteiger partial charge in [-0.05, 0) is 24.6 Å². The zero-order valence-electron chi connectivity index (χ0n) is 10.8. The monoisotopic (exact) mass is 415 g/mol. The van der Waals surface area contributed by atoms with Crippen molar-refractivity contribution in [1.82, 2.24) is 4.90 Å². The van der Waals surface area contributed by atoms with Crippen LogP contribution in [0.25, 0.3) is 0 Å². The average molecular weight is 417 g/mol. The molecule has 0 unspecified atom stereocenters. The first-order chi connectivity index (χ1) is 9.31. The molecule has 1 rings (SSSR count). The lowest BCUT2D eigenvalue weighted by molar-refractivity contribution is -0.138. The SMILES string of the molecule is CCCN(CCBr)C(=O)c1ccc(Br)c(C(F)(F)F)c1. The van der Waals surface area contributed by atoms with Gasteiger partial charge in [-0.15, -0.1) is 0 Å². The van der Waals surface area contributed by atoms with Gasteiger partial charge in [-0.25, -0.2) is 0 Å². The van der Waals surface area contributed by atoms with Crippen molar-refractivity contribution in [2.24, 2.45) is 0 Å². The minimum Gasteiger partial charge on any atom is -0.338 e. The third kappa shape index (κ3) is 4.48. The second-order valence-corrected chi connectivity index (χ2v) is 5.82. The minimum absolute atomic E-state index is 0.0509. The number of carbonyl (C=O) groups is 1. The van der Waals surface area contributed by atoms with Crippen LogP contribution in [0.2, 0.25) is 0 Å². The van der Waals surface area contributed by atoms with Gasteiger partial charge in [0.15, 0.2) is 0 Å². The van der Waals surface area contributed by atoms with Crippen LogP contribution in [-0.4, -0.2) is 29.2 Å². The molecule has 0 radical (unpaired) electrons. The van der Waals surface area contributed by atoms with Crippen molar-refractivity contribution in [2.75, 3.05) is 18.4 Å². The summed E-state index contributed by atoms with van der Waals surface area (Å²) in [6.45, 7) is 2.89. The lowest BCUT2D eigenvalue weighted by atomic mass is 10.1. The summed E-state index contributed by atoms with van der Waals surface area (Å²) in [6.07, 6.45) is -3.73. The highest BCUT2D eigenvalue weighted by Crippen LogP contribution is 2.35. The van der Waals surface area contributed by atoms with E-state index in [0.717, 1.165) is 12.5 Å². The second kappa shape index (κ2) is 7.45. The number of amides is 1. The van der Waals surface area contributed by atoms with Crippen molar-refractivity contribution in [3.63, 3.8) is 0 Å². The van der Waals surface area contributed by atoms with Crippen molar-refractivity contribution < 1.29 is 18.0 Å². The molecular formula is C13H14Br2F3NO. The highest BCUT2D eigenvalue weighted by molar-refractivity contribution is 9.10. The molecule has 0 atom stereocenters. The molecule has 0 heterocycles. The summed E-state index contributed by atoms with van der Waals surface area (Å²) >= 11 is 6.10. The lowest BCUT2D eigenvalue weighted by Crippen LogP contribution is -2.33. The van der Waals surface area contributed by atoms with Crippen molar-refractivity contribution in [3.05, 3.63) is 33.8 Å². The van der Waals surface area contributed by atoms with Crippen LogP contribution in [0.4, 0.5) is 13.2 Å². The fourth-order valence-corrected chi connectivity index (χ4v) is 2.64. The normalized spacial score (nSPS) is 11.5. The van der Waals surface area contributed by atoms with E-state index in [9.17, 15) is 18.0 Å². The zero-order chi connectivity index (χ0) is 15.3. The summed E-state index contributed by atoms with van der Waals surface area (Å²) in [5.74, 6) is -0.385. The number of hydrogen-bond donors (Lipinski definition) is 0. The largest absolute Gasteiger partial charge is 0.417 e. The summed E-state index contributed by atoms with van der Waals surface area (Å²) in [5, 5.41) is 0.585. The van der Waals surface area contributed by atoms with Crippen LogP contribution in [0, 0.1) is 0 Å². The third-order valence-corrected chi connectivity index (χ3v) is 3.70. The van der Waals surface area contributed by atoms with Gasteiger partial charge in [-0.2, -0.15) is 13.2 Å². The second-order valence-electron chi connectivity index (χ2n) is 4.17. The maximum atomic E-state index is 12.8. The molecule has 20 heavy (non-hydrogen) atoms. The molecule has 0 aliphatic carbocycles. The van der Waals surface area contributed by atoms with Crippen LogP contribution in [0.5, 0.6) is 0 Å². The molecule has 1 aromatic carbocycles. The molecule has 0 saturated carbocycles. The van der Waals surface area contributed by atoms with Gasteiger partial charge in [0.2, 0.25) is 0 Å². The Kier molecular flexibility index (Phi) is 6.51.